The maximum atomic E-state index is 13.1. The molecule has 0 saturated heterocycles. The molecule has 1 atom stereocenters. The number of methoxy groups -OCH3 is 1. The van der Waals surface area contributed by atoms with Gasteiger partial charge in [-0.25, -0.2) is 5.01 Å². The molecule has 32 heavy (non-hydrogen) atoms. The van der Waals surface area contributed by atoms with E-state index in [0.717, 1.165) is 28.9 Å². The number of hydrazone groups is 1. The van der Waals surface area contributed by atoms with Crippen LogP contribution in [0, 0.1) is 0 Å². The normalized spacial score (nSPS) is 15.2. The molecule has 0 N–H and O–H groups in total. The summed E-state index contributed by atoms with van der Waals surface area (Å²) in [5, 5.41) is 6.73. The minimum Gasteiger partial charge on any atom is -0.497 e. The molecular formula is C25H21ClN2O4. The predicted octanol–water partition coefficient (Wildman–Crippen LogP) is 4.92. The van der Waals surface area contributed by atoms with Crippen LogP contribution in [0.1, 0.15) is 33.9 Å². The lowest BCUT2D eigenvalue weighted by molar-refractivity contribution is -0.135. The molecule has 1 unspecified atom stereocenters. The Labute approximate surface area is 191 Å². The number of ether oxygens (including phenoxy) is 2. The van der Waals surface area contributed by atoms with E-state index < -0.39 is 0 Å². The number of benzene rings is 3. The van der Waals surface area contributed by atoms with E-state index in [9.17, 15) is 9.59 Å². The minimum absolute atomic E-state index is 0.181. The fourth-order valence-corrected chi connectivity index (χ4v) is 3.64. The maximum absolute atomic E-state index is 13.1. The quantitative estimate of drug-likeness (QED) is 0.481. The van der Waals surface area contributed by atoms with Crippen molar-refractivity contribution in [2.45, 2.75) is 12.5 Å². The highest BCUT2D eigenvalue weighted by Gasteiger charge is 2.33. The van der Waals surface area contributed by atoms with Crippen LogP contribution < -0.4 is 9.47 Å². The van der Waals surface area contributed by atoms with Crippen molar-refractivity contribution >= 4 is 29.5 Å². The molecule has 1 amide bonds. The molecule has 6 nitrogen and oxygen atoms in total. The Morgan fingerprint density at radius 1 is 1.09 bits per heavy atom. The monoisotopic (exact) mass is 448 g/mol. The average Bonchev–Trinajstić information content (AvgIpc) is 3.29. The van der Waals surface area contributed by atoms with Crippen molar-refractivity contribution in [3.8, 4) is 11.5 Å². The molecule has 162 valence electrons. The van der Waals surface area contributed by atoms with Gasteiger partial charge in [-0.15, -0.1) is 0 Å². The first-order chi connectivity index (χ1) is 15.6. The zero-order valence-electron chi connectivity index (χ0n) is 17.4. The van der Waals surface area contributed by atoms with E-state index in [1.165, 1.54) is 5.01 Å². The van der Waals surface area contributed by atoms with Gasteiger partial charge in [-0.2, -0.15) is 5.10 Å². The Hall–Kier alpha value is -3.64. The molecule has 7 heteroatoms. The molecule has 1 heterocycles. The van der Waals surface area contributed by atoms with Crippen LogP contribution in [0.4, 0.5) is 0 Å². The lowest BCUT2D eigenvalue weighted by atomic mass is 9.98. The summed E-state index contributed by atoms with van der Waals surface area (Å²) in [5.41, 5.74) is 3.15. The van der Waals surface area contributed by atoms with Crippen molar-refractivity contribution in [3.63, 3.8) is 0 Å². The highest BCUT2D eigenvalue weighted by atomic mass is 35.5. The van der Waals surface area contributed by atoms with Crippen molar-refractivity contribution in [1.29, 1.82) is 0 Å². The van der Waals surface area contributed by atoms with Gasteiger partial charge in [0.1, 0.15) is 17.8 Å². The smallest absolute Gasteiger partial charge is 0.281 e. The second kappa shape index (κ2) is 9.66. The molecule has 0 aliphatic carbocycles. The first-order valence-electron chi connectivity index (χ1n) is 10.0. The highest BCUT2D eigenvalue weighted by molar-refractivity contribution is 6.30. The summed E-state index contributed by atoms with van der Waals surface area (Å²) in [4.78, 5) is 23.9. The lowest BCUT2D eigenvalue weighted by Crippen LogP contribution is -2.31. The number of amides is 1. The van der Waals surface area contributed by atoms with Crippen molar-refractivity contribution in [2.24, 2.45) is 5.10 Å². The van der Waals surface area contributed by atoms with Crippen molar-refractivity contribution < 1.29 is 19.1 Å². The number of hydrogen-bond donors (Lipinski definition) is 0. The Morgan fingerprint density at radius 2 is 1.84 bits per heavy atom. The molecule has 0 aromatic heterocycles. The van der Waals surface area contributed by atoms with Crippen molar-refractivity contribution in [1.82, 2.24) is 5.01 Å². The van der Waals surface area contributed by atoms with E-state index >= 15 is 0 Å². The molecule has 4 rings (SSSR count). The maximum Gasteiger partial charge on any atom is 0.281 e. The van der Waals surface area contributed by atoms with Crippen LogP contribution in [0.25, 0.3) is 0 Å². The molecule has 3 aromatic carbocycles. The van der Waals surface area contributed by atoms with E-state index in [4.69, 9.17) is 21.1 Å². The van der Waals surface area contributed by atoms with Gasteiger partial charge in [-0.05, 0) is 54.1 Å². The molecule has 0 bridgehead atoms. The summed E-state index contributed by atoms with van der Waals surface area (Å²) in [6.45, 7) is -0.181. The molecule has 0 saturated carbocycles. The molecular weight excluding hydrogens is 428 g/mol. The van der Waals surface area contributed by atoms with Gasteiger partial charge in [0.2, 0.25) is 0 Å². The predicted molar refractivity (Wildman–Crippen MR) is 123 cm³/mol. The van der Waals surface area contributed by atoms with E-state index in [1.807, 2.05) is 36.4 Å². The third-order valence-electron chi connectivity index (χ3n) is 5.20. The zero-order chi connectivity index (χ0) is 22.5. The minimum atomic E-state index is -0.276. The Kier molecular flexibility index (Phi) is 6.52. The highest BCUT2D eigenvalue weighted by Crippen LogP contribution is 2.34. The third-order valence-corrected chi connectivity index (χ3v) is 5.45. The van der Waals surface area contributed by atoms with E-state index in [1.54, 1.807) is 43.5 Å². The van der Waals surface area contributed by atoms with Crippen LogP contribution in [0.2, 0.25) is 5.02 Å². The number of aldehydes is 1. The van der Waals surface area contributed by atoms with Crippen LogP contribution >= 0.6 is 11.6 Å². The van der Waals surface area contributed by atoms with Crippen LogP contribution in [-0.4, -0.2) is 36.6 Å². The Balaban J connectivity index is 1.57. The van der Waals surface area contributed by atoms with Gasteiger partial charge < -0.3 is 9.47 Å². The van der Waals surface area contributed by atoms with Crippen LogP contribution in [-0.2, 0) is 4.79 Å². The van der Waals surface area contributed by atoms with Gasteiger partial charge >= 0.3 is 0 Å². The number of carbonyl (C=O) groups excluding carboxylic acids is 2. The third kappa shape index (κ3) is 4.81. The Bertz CT molecular complexity index is 1140. The van der Waals surface area contributed by atoms with Gasteiger partial charge in [0.25, 0.3) is 5.91 Å². The summed E-state index contributed by atoms with van der Waals surface area (Å²) in [6.07, 6.45) is 1.30. The summed E-state index contributed by atoms with van der Waals surface area (Å²) >= 11 is 6.05. The second-order valence-corrected chi connectivity index (χ2v) is 7.70. The lowest BCUT2D eigenvalue weighted by Gasteiger charge is -2.22. The summed E-state index contributed by atoms with van der Waals surface area (Å²) in [6, 6.07) is 21.3. The van der Waals surface area contributed by atoms with E-state index in [-0.39, 0.29) is 18.6 Å². The summed E-state index contributed by atoms with van der Waals surface area (Å²) < 4.78 is 11.0. The second-order valence-electron chi connectivity index (χ2n) is 7.26. The zero-order valence-corrected chi connectivity index (χ0v) is 18.2. The molecule has 1 aliphatic heterocycles. The molecule has 3 aromatic rings. The SMILES string of the molecule is COc1cccc(C2=NN(C(=O)COc3ccc(C=O)cc3)C(c3ccc(Cl)cc3)C2)c1. The topological polar surface area (TPSA) is 68.2 Å². The Morgan fingerprint density at radius 3 is 2.53 bits per heavy atom. The molecule has 0 fully saturated rings. The largest absolute Gasteiger partial charge is 0.497 e. The average molecular weight is 449 g/mol. The van der Waals surface area contributed by atoms with Gasteiger partial charge in [0.15, 0.2) is 6.61 Å². The van der Waals surface area contributed by atoms with Gasteiger partial charge in [0, 0.05) is 22.6 Å². The van der Waals surface area contributed by atoms with Crippen LogP contribution in [0.5, 0.6) is 11.5 Å². The molecule has 0 spiro atoms. The summed E-state index contributed by atoms with van der Waals surface area (Å²) in [7, 11) is 1.61. The van der Waals surface area contributed by atoms with Gasteiger partial charge in [-0.1, -0.05) is 35.9 Å². The van der Waals surface area contributed by atoms with Gasteiger partial charge in [0.05, 0.1) is 18.9 Å². The number of carbonyl (C=O) groups is 2. The van der Waals surface area contributed by atoms with E-state index in [0.29, 0.717) is 22.8 Å². The van der Waals surface area contributed by atoms with E-state index in [2.05, 4.69) is 5.10 Å². The van der Waals surface area contributed by atoms with Crippen molar-refractivity contribution in [2.75, 3.05) is 13.7 Å². The summed E-state index contributed by atoms with van der Waals surface area (Å²) in [5.74, 6) is 0.950. The molecule has 1 aliphatic rings. The van der Waals surface area contributed by atoms with Crippen LogP contribution in [0.15, 0.2) is 77.9 Å². The standard InChI is InChI=1S/C25H21ClN2O4/c1-31-22-4-2-3-19(13-22)23-14-24(18-7-9-20(26)10-8-18)28(27-23)25(30)16-32-21-11-5-17(15-29)6-12-21/h2-13,15,24H,14,16H2,1H3. The number of halogens is 1. The fourth-order valence-electron chi connectivity index (χ4n) is 3.52. The molecule has 0 radical (unpaired) electrons. The fraction of sp³-hybridized carbons (Fsp3) is 0.160. The first kappa shape index (κ1) is 21.6. The first-order valence-corrected chi connectivity index (χ1v) is 10.4. The van der Waals surface area contributed by atoms with Crippen molar-refractivity contribution in [3.05, 3.63) is 94.5 Å². The number of rotatable bonds is 7. The van der Waals surface area contributed by atoms with Crippen LogP contribution in [0.3, 0.4) is 0 Å². The number of nitrogens with zero attached hydrogens (tertiary/aromatic N) is 2. The number of hydrogen-bond acceptors (Lipinski definition) is 5. The van der Waals surface area contributed by atoms with Gasteiger partial charge in [-0.3, -0.25) is 9.59 Å².